The van der Waals surface area contributed by atoms with Crippen LogP contribution in [-0.2, 0) is 4.79 Å². The Morgan fingerprint density at radius 2 is 1.69 bits per heavy atom. The molecule has 3 aliphatic rings. The fourth-order valence-corrected chi connectivity index (χ4v) is 4.89. The molecule has 1 aromatic rings. The lowest BCUT2D eigenvalue weighted by Gasteiger charge is -2.47. The maximum atomic E-state index is 13.6. The first-order valence-electron chi connectivity index (χ1n) is 9.67. The van der Waals surface area contributed by atoms with E-state index in [2.05, 4.69) is 0 Å². The Kier molecular flexibility index (Phi) is 4.42. The van der Waals surface area contributed by atoms with Crippen molar-refractivity contribution in [3.8, 4) is 0 Å². The van der Waals surface area contributed by atoms with Crippen LogP contribution in [0.1, 0.15) is 57.8 Å². The molecule has 0 radical (unpaired) electrons. The fourth-order valence-electron chi connectivity index (χ4n) is 4.89. The minimum Gasteiger partial charge on any atom is -0.326 e. The number of nitro groups is 1. The van der Waals surface area contributed by atoms with E-state index in [9.17, 15) is 14.9 Å². The van der Waals surface area contributed by atoms with E-state index < -0.39 is 5.54 Å². The Labute approximate surface area is 153 Å². The molecule has 0 unspecified atom stereocenters. The largest absolute Gasteiger partial charge is 0.326 e. The second-order valence-electron chi connectivity index (χ2n) is 7.66. The zero-order valence-electron chi connectivity index (χ0n) is 15.0. The molecule has 1 spiro atoms. The maximum absolute atomic E-state index is 13.6. The topological polar surface area (TPSA) is 66.7 Å². The molecule has 1 amide bonds. The average molecular weight is 355 g/mol. The summed E-state index contributed by atoms with van der Waals surface area (Å²) >= 11 is 0. The Hall–Kier alpha value is -2.37. The van der Waals surface area contributed by atoms with Crippen molar-refractivity contribution in [1.29, 1.82) is 0 Å². The smallest absolute Gasteiger partial charge is 0.292 e. The summed E-state index contributed by atoms with van der Waals surface area (Å²) in [6.45, 7) is 0. The van der Waals surface area contributed by atoms with E-state index in [0.29, 0.717) is 5.69 Å². The molecular formula is C20H25N3O3. The highest BCUT2D eigenvalue weighted by atomic mass is 16.6. The number of rotatable bonds is 3. The molecule has 0 N–H and O–H groups in total. The van der Waals surface area contributed by atoms with Crippen molar-refractivity contribution in [3.05, 3.63) is 46.8 Å². The molecule has 26 heavy (non-hydrogen) atoms. The van der Waals surface area contributed by atoms with Gasteiger partial charge in [-0.2, -0.15) is 0 Å². The van der Waals surface area contributed by atoms with Crippen LogP contribution in [0, 0.1) is 10.1 Å². The van der Waals surface area contributed by atoms with Gasteiger partial charge in [-0.25, -0.2) is 0 Å². The minimum absolute atomic E-state index is 0.0577. The molecule has 0 atom stereocenters. The number of hydrogen-bond donors (Lipinski definition) is 0. The van der Waals surface area contributed by atoms with Gasteiger partial charge in [-0.05, 0) is 31.7 Å². The van der Waals surface area contributed by atoms with Crippen LogP contribution in [-0.4, -0.2) is 27.3 Å². The Morgan fingerprint density at radius 1 is 1.00 bits per heavy atom. The fraction of sp³-hybridized carbons (Fsp3) is 0.550. The summed E-state index contributed by atoms with van der Waals surface area (Å²) in [7, 11) is 0. The van der Waals surface area contributed by atoms with Crippen LogP contribution in [0.3, 0.4) is 0 Å². The monoisotopic (exact) mass is 355 g/mol. The highest BCUT2D eigenvalue weighted by Gasteiger charge is 2.51. The number of amides is 1. The molecule has 2 saturated carbocycles. The molecule has 0 aromatic heterocycles. The normalized spacial score (nSPS) is 23.0. The van der Waals surface area contributed by atoms with E-state index in [-0.39, 0.29) is 22.6 Å². The summed E-state index contributed by atoms with van der Waals surface area (Å²) in [5.41, 5.74) is -0.0900. The van der Waals surface area contributed by atoms with Gasteiger partial charge in [0.15, 0.2) is 0 Å². The molecule has 6 heteroatoms. The first kappa shape index (κ1) is 17.1. The third kappa shape index (κ3) is 2.68. The number of anilines is 1. The summed E-state index contributed by atoms with van der Waals surface area (Å²) in [4.78, 5) is 28.6. The van der Waals surface area contributed by atoms with Crippen LogP contribution >= 0.6 is 0 Å². The summed E-state index contributed by atoms with van der Waals surface area (Å²) in [6.07, 6.45) is 12.9. The highest BCUT2D eigenvalue weighted by molar-refractivity contribution is 5.94. The third-order valence-electron chi connectivity index (χ3n) is 6.21. The molecule has 0 saturated heterocycles. The Balaban J connectivity index is 1.75. The third-order valence-corrected chi connectivity index (χ3v) is 6.21. The molecule has 2 aliphatic carbocycles. The molecule has 1 aromatic carbocycles. The summed E-state index contributed by atoms with van der Waals surface area (Å²) in [5.74, 6) is 0.127. The minimum atomic E-state index is -0.668. The van der Waals surface area contributed by atoms with Crippen molar-refractivity contribution in [2.45, 2.75) is 69.4 Å². The second-order valence-corrected chi connectivity index (χ2v) is 7.66. The van der Waals surface area contributed by atoms with Crippen molar-refractivity contribution in [2.24, 2.45) is 0 Å². The Bertz CT molecular complexity index is 734. The number of carbonyl (C=O) groups is 1. The highest BCUT2D eigenvalue weighted by Crippen LogP contribution is 2.45. The predicted octanol–water partition coefficient (Wildman–Crippen LogP) is 4.36. The van der Waals surface area contributed by atoms with Crippen LogP contribution in [0.15, 0.2) is 36.7 Å². The number of hydrogen-bond acceptors (Lipinski definition) is 4. The first-order valence-corrected chi connectivity index (χ1v) is 9.67. The van der Waals surface area contributed by atoms with Crippen molar-refractivity contribution in [1.82, 2.24) is 4.90 Å². The van der Waals surface area contributed by atoms with Gasteiger partial charge < -0.3 is 9.80 Å². The van der Waals surface area contributed by atoms with Crippen LogP contribution in [0.4, 0.5) is 11.4 Å². The van der Waals surface area contributed by atoms with E-state index in [4.69, 9.17) is 0 Å². The number of carbonyl (C=O) groups excluding carboxylic acids is 1. The standard InChI is InChI=1S/C20H25N3O3/c24-19-20(12-6-7-13-20)22(17-10-4-5-11-18(17)23(25)26)15-14-21(19)16-8-2-1-3-9-16/h4-5,10-11,14-16H,1-3,6-9,12-13H2. The van der Waals surface area contributed by atoms with E-state index in [1.54, 1.807) is 18.2 Å². The predicted molar refractivity (Wildman–Crippen MR) is 99.6 cm³/mol. The summed E-state index contributed by atoms with van der Waals surface area (Å²) in [6, 6.07) is 7.03. The second kappa shape index (κ2) is 6.74. The van der Waals surface area contributed by atoms with Gasteiger partial charge in [0.1, 0.15) is 11.2 Å². The molecule has 4 rings (SSSR count). The van der Waals surface area contributed by atoms with Crippen LogP contribution in [0.25, 0.3) is 0 Å². The van der Waals surface area contributed by atoms with Gasteiger partial charge >= 0.3 is 0 Å². The molecule has 138 valence electrons. The number of benzene rings is 1. The zero-order valence-corrected chi connectivity index (χ0v) is 15.0. The molecule has 1 aliphatic heterocycles. The first-order chi connectivity index (χ1) is 12.6. The van der Waals surface area contributed by atoms with Gasteiger partial charge in [-0.1, -0.05) is 44.2 Å². The van der Waals surface area contributed by atoms with Crippen LogP contribution in [0.5, 0.6) is 0 Å². The van der Waals surface area contributed by atoms with Gasteiger partial charge in [-0.15, -0.1) is 0 Å². The molecule has 6 nitrogen and oxygen atoms in total. The van der Waals surface area contributed by atoms with Gasteiger partial charge in [0, 0.05) is 24.5 Å². The number of nitrogens with zero attached hydrogens (tertiary/aromatic N) is 3. The van der Waals surface area contributed by atoms with Crippen molar-refractivity contribution < 1.29 is 9.72 Å². The summed E-state index contributed by atoms with van der Waals surface area (Å²) in [5, 5.41) is 11.5. The number of nitro benzene ring substituents is 1. The molecule has 1 heterocycles. The molecular weight excluding hydrogens is 330 g/mol. The SMILES string of the molecule is O=C1N(C2CCCCC2)C=CN(c2ccccc2[N+](=O)[O-])C12CCCC2. The van der Waals surface area contributed by atoms with E-state index in [0.717, 1.165) is 38.5 Å². The maximum Gasteiger partial charge on any atom is 0.292 e. The van der Waals surface area contributed by atoms with Crippen molar-refractivity contribution >= 4 is 17.3 Å². The van der Waals surface area contributed by atoms with E-state index in [1.165, 1.54) is 25.3 Å². The lowest BCUT2D eigenvalue weighted by Crippen LogP contribution is -2.60. The zero-order chi connectivity index (χ0) is 18.1. The number of para-hydroxylation sites is 2. The quantitative estimate of drug-likeness (QED) is 0.597. The van der Waals surface area contributed by atoms with Crippen LogP contribution in [0.2, 0.25) is 0 Å². The molecule has 0 bridgehead atoms. The van der Waals surface area contributed by atoms with E-state index in [1.807, 2.05) is 22.2 Å². The summed E-state index contributed by atoms with van der Waals surface area (Å²) < 4.78 is 0. The lowest BCUT2D eigenvalue weighted by molar-refractivity contribution is -0.384. The van der Waals surface area contributed by atoms with Gasteiger partial charge in [-0.3, -0.25) is 14.9 Å². The Morgan fingerprint density at radius 3 is 2.38 bits per heavy atom. The van der Waals surface area contributed by atoms with E-state index >= 15 is 0 Å². The van der Waals surface area contributed by atoms with Gasteiger partial charge in [0.05, 0.1) is 4.92 Å². The van der Waals surface area contributed by atoms with Crippen LogP contribution < -0.4 is 4.90 Å². The van der Waals surface area contributed by atoms with Gasteiger partial charge in [0.25, 0.3) is 11.6 Å². The average Bonchev–Trinajstić information content (AvgIpc) is 3.15. The van der Waals surface area contributed by atoms with Crippen molar-refractivity contribution in [3.63, 3.8) is 0 Å². The van der Waals surface area contributed by atoms with Gasteiger partial charge in [0.2, 0.25) is 0 Å². The lowest BCUT2D eigenvalue weighted by atomic mass is 9.87. The van der Waals surface area contributed by atoms with Crippen molar-refractivity contribution in [2.75, 3.05) is 4.90 Å². The molecule has 2 fully saturated rings.